The number of ether oxygens (including phenoxy) is 1. The molecule has 0 saturated heterocycles. The van der Waals surface area contributed by atoms with Gasteiger partial charge in [-0.15, -0.1) is 0 Å². The molecule has 0 aromatic rings. The predicted octanol–water partition coefficient (Wildman–Crippen LogP) is 5.66. The minimum Gasteiger partial charge on any atom is -0.466 e. The molecule has 118 valence electrons. The van der Waals surface area contributed by atoms with Gasteiger partial charge >= 0.3 is 5.97 Å². The molecule has 0 N–H and O–H groups in total. The zero-order valence-electron chi connectivity index (χ0n) is 14.0. The van der Waals surface area contributed by atoms with Gasteiger partial charge in [0.25, 0.3) is 0 Å². The molecule has 0 aromatic heterocycles. The summed E-state index contributed by atoms with van der Waals surface area (Å²) < 4.78 is 4.90. The van der Waals surface area contributed by atoms with Gasteiger partial charge in [-0.3, -0.25) is 4.79 Å². The topological polar surface area (TPSA) is 26.3 Å². The second kappa shape index (κ2) is 12.0. The number of hydrogen-bond acceptors (Lipinski definition) is 2. The van der Waals surface area contributed by atoms with Gasteiger partial charge in [0.05, 0.1) is 6.61 Å². The molecule has 0 radical (unpaired) electrons. The average Bonchev–Trinajstić information content (AvgIpc) is 2.33. The monoisotopic (exact) mass is 282 g/mol. The molecule has 0 bridgehead atoms. The van der Waals surface area contributed by atoms with Crippen LogP contribution in [0.3, 0.4) is 0 Å². The number of carbonyl (C=O) groups is 1. The summed E-state index contributed by atoms with van der Waals surface area (Å²) in [7, 11) is 0. The molecule has 20 heavy (non-hydrogen) atoms. The predicted molar refractivity (Wildman–Crippen MR) is 86.8 cm³/mol. The second-order valence-electron chi connectivity index (χ2n) is 6.73. The standard InChI is InChI=1S/C18H34O2/c1-17(19)20-16-14-12-10-8-6-5-7-9-11-13-15-18(2,3)4/h13,15H,5-12,14,16H2,1-4H3/b15-13+. The molecule has 0 aliphatic rings. The second-order valence-corrected chi connectivity index (χ2v) is 6.73. The van der Waals surface area contributed by atoms with E-state index >= 15 is 0 Å². The fourth-order valence-electron chi connectivity index (χ4n) is 2.08. The summed E-state index contributed by atoms with van der Waals surface area (Å²) in [5.41, 5.74) is 0.325. The molecule has 0 aliphatic heterocycles. The molecular weight excluding hydrogens is 248 g/mol. The number of esters is 1. The van der Waals surface area contributed by atoms with Crippen molar-refractivity contribution in [3.63, 3.8) is 0 Å². The normalized spacial score (nSPS) is 12.0. The number of allylic oxidation sites excluding steroid dienone is 2. The van der Waals surface area contributed by atoms with E-state index in [2.05, 4.69) is 32.9 Å². The number of rotatable bonds is 11. The first-order chi connectivity index (χ1) is 9.42. The van der Waals surface area contributed by atoms with E-state index in [1.54, 1.807) is 0 Å². The minimum atomic E-state index is -0.162. The maximum absolute atomic E-state index is 10.6. The van der Waals surface area contributed by atoms with Crippen LogP contribution in [0.25, 0.3) is 0 Å². The van der Waals surface area contributed by atoms with Gasteiger partial charge in [-0.05, 0) is 24.7 Å². The Morgan fingerprint density at radius 3 is 1.90 bits per heavy atom. The summed E-state index contributed by atoms with van der Waals surface area (Å²) in [4.78, 5) is 10.6. The fraction of sp³-hybridized carbons (Fsp3) is 0.833. The van der Waals surface area contributed by atoms with Crippen molar-refractivity contribution in [1.29, 1.82) is 0 Å². The largest absolute Gasteiger partial charge is 0.466 e. The van der Waals surface area contributed by atoms with Crippen molar-refractivity contribution in [2.24, 2.45) is 5.41 Å². The number of unbranched alkanes of at least 4 members (excludes halogenated alkanes) is 8. The molecule has 0 fully saturated rings. The van der Waals surface area contributed by atoms with Crippen molar-refractivity contribution in [3.8, 4) is 0 Å². The van der Waals surface area contributed by atoms with Crippen molar-refractivity contribution in [2.75, 3.05) is 6.61 Å². The van der Waals surface area contributed by atoms with Crippen LogP contribution in [0.1, 0.15) is 85.5 Å². The first-order valence-corrected chi connectivity index (χ1v) is 8.23. The molecule has 0 saturated carbocycles. The molecule has 0 unspecified atom stereocenters. The van der Waals surface area contributed by atoms with E-state index in [4.69, 9.17) is 4.74 Å². The molecular formula is C18H34O2. The highest BCUT2D eigenvalue weighted by molar-refractivity contribution is 5.65. The minimum absolute atomic E-state index is 0.162. The molecule has 2 nitrogen and oxygen atoms in total. The van der Waals surface area contributed by atoms with Crippen LogP contribution in [0.15, 0.2) is 12.2 Å². The van der Waals surface area contributed by atoms with Gasteiger partial charge < -0.3 is 4.74 Å². The molecule has 0 atom stereocenters. The summed E-state index contributed by atoms with van der Waals surface area (Å²) in [6.45, 7) is 8.78. The summed E-state index contributed by atoms with van der Waals surface area (Å²) in [6.07, 6.45) is 16.0. The molecule has 2 heteroatoms. The first kappa shape index (κ1) is 19.2. The van der Waals surface area contributed by atoms with Crippen molar-refractivity contribution in [2.45, 2.75) is 85.5 Å². The lowest BCUT2D eigenvalue weighted by Gasteiger charge is -2.10. The van der Waals surface area contributed by atoms with Crippen LogP contribution < -0.4 is 0 Å². The molecule has 0 amide bonds. The number of hydrogen-bond donors (Lipinski definition) is 0. The maximum atomic E-state index is 10.6. The van der Waals surface area contributed by atoms with Crippen LogP contribution in [-0.4, -0.2) is 12.6 Å². The third kappa shape index (κ3) is 17.2. The third-order valence-corrected chi connectivity index (χ3v) is 3.19. The van der Waals surface area contributed by atoms with Gasteiger partial charge in [-0.2, -0.15) is 0 Å². The quantitative estimate of drug-likeness (QED) is 0.277. The van der Waals surface area contributed by atoms with Crippen LogP contribution in [0.5, 0.6) is 0 Å². The van der Waals surface area contributed by atoms with Crippen molar-refractivity contribution in [3.05, 3.63) is 12.2 Å². The Bertz CT molecular complexity index is 261. The van der Waals surface area contributed by atoms with E-state index in [0.29, 0.717) is 12.0 Å². The summed E-state index contributed by atoms with van der Waals surface area (Å²) in [5.74, 6) is -0.162. The molecule has 0 spiro atoms. The Hall–Kier alpha value is -0.790. The van der Waals surface area contributed by atoms with Crippen LogP contribution in [-0.2, 0) is 9.53 Å². The fourth-order valence-corrected chi connectivity index (χ4v) is 2.08. The van der Waals surface area contributed by atoms with E-state index in [0.717, 1.165) is 6.42 Å². The zero-order chi connectivity index (χ0) is 15.3. The van der Waals surface area contributed by atoms with Gasteiger partial charge in [-0.25, -0.2) is 0 Å². The molecule has 0 rings (SSSR count). The third-order valence-electron chi connectivity index (χ3n) is 3.19. The smallest absolute Gasteiger partial charge is 0.302 e. The lowest BCUT2D eigenvalue weighted by atomic mass is 9.95. The van der Waals surface area contributed by atoms with E-state index in [1.165, 1.54) is 58.3 Å². The summed E-state index contributed by atoms with van der Waals surface area (Å²) in [6, 6.07) is 0. The van der Waals surface area contributed by atoms with Gasteiger partial charge in [0.15, 0.2) is 0 Å². The lowest BCUT2D eigenvalue weighted by molar-refractivity contribution is -0.141. The summed E-state index contributed by atoms with van der Waals surface area (Å²) >= 11 is 0. The molecule has 0 heterocycles. The highest BCUT2D eigenvalue weighted by Crippen LogP contribution is 2.16. The van der Waals surface area contributed by atoms with Crippen molar-refractivity contribution < 1.29 is 9.53 Å². The molecule has 0 aliphatic carbocycles. The Labute approximate surface area is 126 Å². The van der Waals surface area contributed by atoms with Gasteiger partial charge in [0, 0.05) is 6.92 Å². The highest BCUT2D eigenvalue weighted by atomic mass is 16.5. The van der Waals surface area contributed by atoms with Gasteiger partial charge in [0.2, 0.25) is 0 Å². The van der Waals surface area contributed by atoms with Crippen molar-refractivity contribution >= 4 is 5.97 Å². The Morgan fingerprint density at radius 2 is 1.40 bits per heavy atom. The summed E-state index contributed by atoms with van der Waals surface area (Å²) in [5, 5.41) is 0. The van der Waals surface area contributed by atoms with E-state index < -0.39 is 0 Å². The Balaban J connectivity index is 3.14. The zero-order valence-corrected chi connectivity index (χ0v) is 14.0. The van der Waals surface area contributed by atoms with Crippen LogP contribution in [0, 0.1) is 5.41 Å². The Kier molecular flexibility index (Phi) is 11.5. The van der Waals surface area contributed by atoms with Crippen LogP contribution in [0.2, 0.25) is 0 Å². The average molecular weight is 282 g/mol. The van der Waals surface area contributed by atoms with Crippen molar-refractivity contribution in [1.82, 2.24) is 0 Å². The first-order valence-electron chi connectivity index (χ1n) is 8.23. The van der Waals surface area contributed by atoms with E-state index in [9.17, 15) is 4.79 Å². The van der Waals surface area contributed by atoms with Gasteiger partial charge in [0.1, 0.15) is 0 Å². The van der Waals surface area contributed by atoms with E-state index in [-0.39, 0.29) is 5.97 Å². The lowest BCUT2D eigenvalue weighted by Crippen LogP contribution is -2.00. The highest BCUT2D eigenvalue weighted by Gasteiger charge is 2.02. The maximum Gasteiger partial charge on any atom is 0.302 e. The number of carbonyl (C=O) groups excluding carboxylic acids is 1. The SMILES string of the molecule is CC(=O)OCCCCCCCCCC/C=C/C(C)(C)C. The Morgan fingerprint density at radius 1 is 0.900 bits per heavy atom. The van der Waals surface area contributed by atoms with Crippen LogP contribution >= 0.6 is 0 Å². The van der Waals surface area contributed by atoms with Crippen LogP contribution in [0.4, 0.5) is 0 Å². The van der Waals surface area contributed by atoms with E-state index in [1.807, 2.05) is 0 Å². The molecule has 0 aromatic carbocycles. The van der Waals surface area contributed by atoms with Gasteiger partial charge in [-0.1, -0.05) is 71.4 Å².